The van der Waals surface area contributed by atoms with Crippen molar-refractivity contribution in [1.29, 1.82) is 21.0 Å². The number of nitriles is 4. The third-order valence-electron chi connectivity index (χ3n) is 6.12. The molecule has 0 aliphatic carbocycles. The van der Waals surface area contributed by atoms with Crippen LogP contribution in [0.25, 0.3) is 0 Å². The Hall–Kier alpha value is -5.56. The molecular weight excluding hydrogens is 460 g/mol. The van der Waals surface area contributed by atoms with E-state index in [0.29, 0.717) is 23.0 Å². The lowest BCUT2D eigenvalue weighted by Crippen LogP contribution is -2.18. The minimum absolute atomic E-state index is 0.206. The van der Waals surface area contributed by atoms with Gasteiger partial charge in [-0.1, -0.05) is 50.2 Å². The molecule has 0 bridgehead atoms. The molecule has 0 amide bonds. The molecule has 0 radical (unpaired) electrons. The summed E-state index contributed by atoms with van der Waals surface area (Å²) in [5, 5.41) is 37.3. The average molecular weight is 481 g/mol. The van der Waals surface area contributed by atoms with Crippen molar-refractivity contribution in [2.24, 2.45) is 0 Å². The van der Waals surface area contributed by atoms with E-state index < -0.39 is 0 Å². The average Bonchev–Trinajstić information content (AvgIpc) is 2.93. The Bertz CT molecular complexity index is 1500. The highest BCUT2D eigenvalue weighted by atomic mass is 16.5. The minimum Gasteiger partial charge on any atom is -0.456 e. The molecule has 6 nitrogen and oxygen atoms in total. The molecule has 0 unspecified atom stereocenters. The molecule has 0 saturated carbocycles. The molecule has 0 aliphatic heterocycles. The van der Waals surface area contributed by atoms with Gasteiger partial charge in [-0.15, -0.1) is 0 Å². The van der Waals surface area contributed by atoms with E-state index in [1.165, 1.54) is 0 Å². The molecule has 0 spiro atoms. The first-order valence-corrected chi connectivity index (χ1v) is 11.3. The van der Waals surface area contributed by atoms with Crippen LogP contribution in [0.5, 0.6) is 23.0 Å². The van der Waals surface area contributed by atoms with E-state index in [-0.39, 0.29) is 27.7 Å². The summed E-state index contributed by atoms with van der Waals surface area (Å²) in [6.45, 7) is 4.21. The van der Waals surface area contributed by atoms with Gasteiger partial charge in [-0.3, -0.25) is 0 Å². The van der Waals surface area contributed by atoms with Crippen LogP contribution in [0, 0.1) is 45.3 Å². The molecule has 176 valence electrons. The first-order valence-electron chi connectivity index (χ1n) is 11.3. The lowest BCUT2D eigenvalue weighted by Gasteiger charge is -2.26. The first-order chi connectivity index (χ1) is 17.9. The number of hydrogen-bond acceptors (Lipinski definition) is 6. The summed E-state index contributed by atoms with van der Waals surface area (Å²) in [4.78, 5) is 0. The highest BCUT2D eigenvalue weighted by Crippen LogP contribution is 2.35. The van der Waals surface area contributed by atoms with E-state index in [4.69, 9.17) is 9.47 Å². The third-order valence-corrected chi connectivity index (χ3v) is 6.12. The van der Waals surface area contributed by atoms with Gasteiger partial charge in [0.15, 0.2) is 0 Å². The number of ether oxygens (including phenoxy) is 2. The van der Waals surface area contributed by atoms with Crippen molar-refractivity contribution in [3.8, 4) is 47.3 Å². The zero-order chi connectivity index (χ0) is 26.4. The van der Waals surface area contributed by atoms with Gasteiger partial charge in [-0.25, -0.2) is 0 Å². The first kappa shape index (κ1) is 24.6. The Morgan fingerprint density at radius 3 is 1.22 bits per heavy atom. The molecular formula is C31H20N4O2. The van der Waals surface area contributed by atoms with Gasteiger partial charge in [0.1, 0.15) is 58.4 Å². The van der Waals surface area contributed by atoms with E-state index in [1.54, 1.807) is 36.4 Å². The molecule has 6 heteroatoms. The molecule has 4 aromatic rings. The summed E-state index contributed by atoms with van der Waals surface area (Å²) in [6, 6.07) is 33.1. The maximum absolute atomic E-state index is 9.42. The summed E-state index contributed by atoms with van der Waals surface area (Å²) in [7, 11) is 0. The Balaban J connectivity index is 1.53. The minimum atomic E-state index is -0.339. The summed E-state index contributed by atoms with van der Waals surface area (Å²) in [5.74, 6) is 1.79. The largest absolute Gasteiger partial charge is 0.456 e. The Labute approximate surface area is 215 Å². The highest BCUT2D eigenvalue weighted by Gasteiger charge is 2.23. The monoisotopic (exact) mass is 480 g/mol. The predicted octanol–water partition coefficient (Wildman–Crippen LogP) is 7.08. The van der Waals surface area contributed by atoms with Crippen LogP contribution in [0.3, 0.4) is 0 Å². The number of benzene rings is 4. The van der Waals surface area contributed by atoms with Crippen molar-refractivity contribution >= 4 is 0 Å². The van der Waals surface area contributed by atoms with Gasteiger partial charge < -0.3 is 9.47 Å². The van der Waals surface area contributed by atoms with Gasteiger partial charge in [-0.2, -0.15) is 21.0 Å². The third kappa shape index (κ3) is 4.96. The second-order valence-corrected chi connectivity index (χ2v) is 8.68. The molecule has 4 rings (SSSR count). The Morgan fingerprint density at radius 2 is 0.892 bits per heavy atom. The SMILES string of the molecule is CC(C)(c1ccc(Oc2cccc(C#N)c2C#N)cc1)c1ccc(Oc2cccc(C#N)c2C#N)cc1. The fourth-order valence-electron chi connectivity index (χ4n) is 3.95. The topological polar surface area (TPSA) is 114 Å². The zero-order valence-corrected chi connectivity index (χ0v) is 20.2. The van der Waals surface area contributed by atoms with E-state index in [9.17, 15) is 21.0 Å². The van der Waals surface area contributed by atoms with Crippen molar-refractivity contribution in [1.82, 2.24) is 0 Å². The summed E-state index contributed by atoms with van der Waals surface area (Å²) in [5.41, 5.74) is 2.71. The van der Waals surface area contributed by atoms with E-state index >= 15 is 0 Å². The van der Waals surface area contributed by atoms with Crippen LogP contribution in [0.4, 0.5) is 0 Å². The van der Waals surface area contributed by atoms with E-state index in [2.05, 4.69) is 13.8 Å². The van der Waals surface area contributed by atoms with Crippen LogP contribution in [0.1, 0.15) is 47.2 Å². The molecule has 0 fully saturated rings. The van der Waals surface area contributed by atoms with E-state index in [1.807, 2.05) is 72.8 Å². The van der Waals surface area contributed by atoms with E-state index in [0.717, 1.165) is 11.1 Å². The Kier molecular flexibility index (Phi) is 6.88. The summed E-state index contributed by atoms with van der Waals surface area (Å²) in [6.07, 6.45) is 0. The standard InChI is InChI=1S/C31H20N4O2/c1-31(2,23-9-13-25(14-10-23)36-29-7-3-5-21(17-32)27(29)19-34)24-11-15-26(16-12-24)37-30-8-4-6-22(18-33)28(30)20-35/h3-16H,1-2H3. The van der Waals surface area contributed by atoms with Gasteiger partial charge in [0, 0.05) is 5.41 Å². The van der Waals surface area contributed by atoms with Crippen LogP contribution in [0.15, 0.2) is 84.9 Å². The fraction of sp³-hybridized carbons (Fsp3) is 0.0968. The van der Waals surface area contributed by atoms with Crippen molar-refractivity contribution in [3.05, 3.63) is 118 Å². The molecule has 37 heavy (non-hydrogen) atoms. The van der Waals surface area contributed by atoms with Gasteiger partial charge in [0.25, 0.3) is 0 Å². The van der Waals surface area contributed by atoms with Gasteiger partial charge >= 0.3 is 0 Å². The highest BCUT2D eigenvalue weighted by molar-refractivity contribution is 5.56. The van der Waals surface area contributed by atoms with Crippen molar-refractivity contribution < 1.29 is 9.47 Å². The lowest BCUT2D eigenvalue weighted by molar-refractivity contribution is 0.479. The fourth-order valence-corrected chi connectivity index (χ4v) is 3.95. The van der Waals surface area contributed by atoms with Crippen molar-refractivity contribution in [2.45, 2.75) is 19.3 Å². The van der Waals surface area contributed by atoms with Crippen LogP contribution < -0.4 is 9.47 Å². The van der Waals surface area contributed by atoms with Crippen LogP contribution >= 0.6 is 0 Å². The second kappa shape index (κ2) is 10.4. The maximum atomic E-state index is 9.42. The van der Waals surface area contributed by atoms with Gasteiger partial charge in [0.05, 0.1) is 11.1 Å². The van der Waals surface area contributed by atoms with Crippen LogP contribution in [-0.4, -0.2) is 0 Å². The Morgan fingerprint density at radius 1 is 0.514 bits per heavy atom. The molecule has 0 aromatic heterocycles. The van der Waals surface area contributed by atoms with Gasteiger partial charge in [-0.05, 0) is 59.7 Å². The molecule has 0 saturated heterocycles. The molecule has 4 aromatic carbocycles. The number of rotatable bonds is 6. The number of nitrogens with zero attached hydrogens (tertiary/aromatic N) is 4. The van der Waals surface area contributed by atoms with Crippen molar-refractivity contribution in [3.63, 3.8) is 0 Å². The number of hydrogen-bond donors (Lipinski definition) is 0. The molecule has 0 atom stereocenters. The van der Waals surface area contributed by atoms with Crippen molar-refractivity contribution in [2.75, 3.05) is 0 Å². The smallest absolute Gasteiger partial charge is 0.146 e. The molecule has 0 heterocycles. The summed E-state index contributed by atoms with van der Waals surface area (Å²) < 4.78 is 11.8. The van der Waals surface area contributed by atoms with Crippen LogP contribution in [0.2, 0.25) is 0 Å². The predicted molar refractivity (Wildman–Crippen MR) is 137 cm³/mol. The van der Waals surface area contributed by atoms with Crippen LogP contribution in [-0.2, 0) is 5.41 Å². The maximum Gasteiger partial charge on any atom is 0.146 e. The molecule has 0 N–H and O–H groups in total. The molecule has 0 aliphatic rings. The normalized spacial score (nSPS) is 10.3. The zero-order valence-electron chi connectivity index (χ0n) is 20.2. The second-order valence-electron chi connectivity index (χ2n) is 8.68. The lowest BCUT2D eigenvalue weighted by atomic mass is 9.78. The summed E-state index contributed by atoms with van der Waals surface area (Å²) >= 11 is 0. The van der Waals surface area contributed by atoms with Gasteiger partial charge in [0.2, 0.25) is 0 Å². The quantitative estimate of drug-likeness (QED) is 0.291.